The van der Waals surface area contributed by atoms with E-state index in [1.54, 1.807) is 11.8 Å². The maximum absolute atomic E-state index is 12.4. The summed E-state index contributed by atoms with van der Waals surface area (Å²) in [6, 6.07) is -0.397. The number of carbonyl (C=O) groups excluding carboxylic acids is 2. The largest absolute Gasteiger partial charge is 0.342 e. The van der Waals surface area contributed by atoms with E-state index in [2.05, 4.69) is 4.90 Å². The number of rotatable bonds is 8. The second kappa shape index (κ2) is 12.8. The van der Waals surface area contributed by atoms with Crippen molar-refractivity contribution in [1.82, 2.24) is 14.7 Å². The van der Waals surface area contributed by atoms with Gasteiger partial charge in [-0.15, -0.1) is 12.4 Å². The third kappa shape index (κ3) is 7.59. The van der Waals surface area contributed by atoms with Crippen molar-refractivity contribution >= 4 is 36.0 Å². The predicted molar refractivity (Wildman–Crippen MR) is 104 cm³/mol. The average Bonchev–Trinajstić information content (AvgIpc) is 2.78. The van der Waals surface area contributed by atoms with Gasteiger partial charge in [0, 0.05) is 39.3 Å². The Bertz CT molecular complexity index is 383. The molecule has 0 aliphatic carbocycles. The number of nitrogens with two attached hydrogens (primary N) is 1. The van der Waals surface area contributed by atoms with Crippen LogP contribution in [0.5, 0.6) is 0 Å². The van der Waals surface area contributed by atoms with E-state index in [0.29, 0.717) is 13.1 Å². The van der Waals surface area contributed by atoms with Crippen molar-refractivity contribution in [1.29, 1.82) is 0 Å². The Morgan fingerprint density at radius 2 is 1.83 bits per heavy atom. The summed E-state index contributed by atoms with van der Waals surface area (Å²) in [4.78, 5) is 30.5. The van der Waals surface area contributed by atoms with E-state index in [-0.39, 0.29) is 24.2 Å². The first-order chi connectivity index (χ1) is 11.0. The SMILES string of the molecule is CCN(CC)C(=O)CN1CCCN(C(=O)C(N)CCSC)CC1.Cl. The van der Waals surface area contributed by atoms with Crippen LogP contribution in [0.1, 0.15) is 26.7 Å². The molecule has 1 aliphatic heterocycles. The lowest BCUT2D eigenvalue weighted by Gasteiger charge is -2.26. The van der Waals surface area contributed by atoms with E-state index in [0.717, 1.165) is 51.3 Å². The molecule has 2 amide bonds. The first-order valence-corrected chi connectivity index (χ1v) is 9.96. The van der Waals surface area contributed by atoms with E-state index in [1.165, 1.54) is 0 Å². The van der Waals surface area contributed by atoms with Crippen molar-refractivity contribution in [3.63, 3.8) is 0 Å². The summed E-state index contributed by atoms with van der Waals surface area (Å²) in [5.41, 5.74) is 6.00. The molecule has 24 heavy (non-hydrogen) atoms. The van der Waals surface area contributed by atoms with Gasteiger partial charge in [-0.1, -0.05) is 0 Å². The highest BCUT2D eigenvalue weighted by molar-refractivity contribution is 7.98. The number of nitrogens with zero attached hydrogens (tertiary/aromatic N) is 3. The molecule has 0 radical (unpaired) electrons. The molecule has 142 valence electrons. The number of carbonyl (C=O) groups is 2. The molecule has 6 nitrogen and oxygen atoms in total. The van der Waals surface area contributed by atoms with E-state index in [4.69, 9.17) is 5.73 Å². The van der Waals surface area contributed by atoms with Gasteiger partial charge in [-0.2, -0.15) is 11.8 Å². The second-order valence-corrected chi connectivity index (χ2v) is 6.89. The zero-order chi connectivity index (χ0) is 17.2. The molecule has 2 N–H and O–H groups in total. The van der Waals surface area contributed by atoms with Gasteiger partial charge in [0.1, 0.15) is 0 Å². The normalized spacial score (nSPS) is 16.9. The van der Waals surface area contributed by atoms with Gasteiger partial charge in [0.25, 0.3) is 0 Å². The topological polar surface area (TPSA) is 69.9 Å². The third-order valence-corrected chi connectivity index (χ3v) is 4.97. The predicted octanol–water partition coefficient (Wildman–Crippen LogP) is 0.891. The van der Waals surface area contributed by atoms with Gasteiger partial charge in [0.05, 0.1) is 12.6 Å². The molecule has 0 saturated carbocycles. The Labute approximate surface area is 156 Å². The molecule has 8 heteroatoms. The Morgan fingerprint density at radius 1 is 1.17 bits per heavy atom. The molecule has 1 heterocycles. The van der Waals surface area contributed by atoms with Crippen LogP contribution in [0.3, 0.4) is 0 Å². The zero-order valence-corrected chi connectivity index (χ0v) is 16.8. The highest BCUT2D eigenvalue weighted by Crippen LogP contribution is 2.08. The van der Waals surface area contributed by atoms with E-state index in [9.17, 15) is 9.59 Å². The van der Waals surface area contributed by atoms with Crippen LogP contribution >= 0.6 is 24.2 Å². The fraction of sp³-hybridized carbons (Fsp3) is 0.875. The molecule has 0 aromatic carbocycles. The molecular formula is C16H33ClN4O2S. The summed E-state index contributed by atoms with van der Waals surface area (Å²) in [7, 11) is 0. The Balaban J connectivity index is 0.00000529. The van der Waals surface area contributed by atoms with E-state index >= 15 is 0 Å². The van der Waals surface area contributed by atoms with Crippen molar-refractivity contribution in [2.24, 2.45) is 5.73 Å². The molecule has 1 fully saturated rings. The van der Waals surface area contributed by atoms with Crippen molar-refractivity contribution in [2.75, 3.05) is 57.8 Å². The van der Waals surface area contributed by atoms with E-state index < -0.39 is 6.04 Å². The number of likely N-dealkylation sites (N-methyl/N-ethyl adjacent to an activating group) is 1. The first kappa shape index (κ1) is 23.5. The highest BCUT2D eigenvalue weighted by atomic mass is 35.5. The van der Waals surface area contributed by atoms with Crippen molar-refractivity contribution in [2.45, 2.75) is 32.7 Å². The van der Waals surface area contributed by atoms with E-state index in [1.807, 2.05) is 29.9 Å². The van der Waals surface area contributed by atoms with Crippen LogP contribution < -0.4 is 5.73 Å². The Hall–Kier alpha value is -0.500. The van der Waals surface area contributed by atoms with Crippen LogP contribution in [0, 0.1) is 0 Å². The summed E-state index contributed by atoms with van der Waals surface area (Å²) >= 11 is 1.71. The van der Waals surface area contributed by atoms with Gasteiger partial charge in [-0.25, -0.2) is 0 Å². The minimum Gasteiger partial charge on any atom is -0.342 e. The molecule has 0 aromatic heterocycles. The Morgan fingerprint density at radius 3 is 2.42 bits per heavy atom. The van der Waals surface area contributed by atoms with Gasteiger partial charge in [-0.3, -0.25) is 14.5 Å². The van der Waals surface area contributed by atoms with Gasteiger partial charge in [-0.05, 0) is 38.7 Å². The molecule has 0 spiro atoms. The second-order valence-electron chi connectivity index (χ2n) is 5.91. The van der Waals surface area contributed by atoms with Crippen LogP contribution in [0.15, 0.2) is 0 Å². The lowest BCUT2D eigenvalue weighted by atomic mass is 10.2. The number of halogens is 1. The third-order valence-electron chi connectivity index (χ3n) is 4.33. The highest BCUT2D eigenvalue weighted by Gasteiger charge is 2.24. The lowest BCUT2D eigenvalue weighted by molar-refractivity contribution is -0.132. The van der Waals surface area contributed by atoms with Crippen molar-refractivity contribution in [3.8, 4) is 0 Å². The molecule has 1 saturated heterocycles. The van der Waals surface area contributed by atoms with Gasteiger partial charge in [0.2, 0.25) is 11.8 Å². The van der Waals surface area contributed by atoms with Crippen LogP contribution in [-0.2, 0) is 9.59 Å². The molecule has 1 unspecified atom stereocenters. The maximum Gasteiger partial charge on any atom is 0.239 e. The van der Waals surface area contributed by atoms with Crippen LogP contribution in [-0.4, -0.2) is 90.4 Å². The van der Waals surface area contributed by atoms with Crippen molar-refractivity contribution in [3.05, 3.63) is 0 Å². The monoisotopic (exact) mass is 380 g/mol. The fourth-order valence-electron chi connectivity index (χ4n) is 2.82. The molecular weight excluding hydrogens is 348 g/mol. The number of hydrogen-bond donors (Lipinski definition) is 1. The van der Waals surface area contributed by atoms with Gasteiger partial charge >= 0.3 is 0 Å². The van der Waals surface area contributed by atoms with Gasteiger partial charge < -0.3 is 15.5 Å². The summed E-state index contributed by atoms with van der Waals surface area (Å²) in [5.74, 6) is 1.13. The summed E-state index contributed by atoms with van der Waals surface area (Å²) in [5, 5.41) is 0. The number of hydrogen-bond acceptors (Lipinski definition) is 5. The maximum atomic E-state index is 12.4. The summed E-state index contributed by atoms with van der Waals surface area (Å²) in [6.07, 6.45) is 3.64. The molecule has 0 aromatic rings. The quantitative estimate of drug-likeness (QED) is 0.677. The minimum atomic E-state index is -0.397. The average molecular weight is 381 g/mol. The standard InChI is InChI=1S/C16H32N4O2S.ClH/c1-4-19(5-2)15(21)13-18-8-6-9-20(11-10-18)16(22)14(17)7-12-23-3;/h14H,4-13,17H2,1-3H3;1H. The fourth-order valence-corrected chi connectivity index (χ4v) is 3.31. The van der Waals surface area contributed by atoms with Crippen LogP contribution in [0.2, 0.25) is 0 Å². The van der Waals surface area contributed by atoms with Crippen LogP contribution in [0.4, 0.5) is 0 Å². The number of amides is 2. The molecule has 1 atom stereocenters. The number of thioether (sulfide) groups is 1. The van der Waals surface area contributed by atoms with Crippen molar-refractivity contribution < 1.29 is 9.59 Å². The molecule has 0 bridgehead atoms. The summed E-state index contributed by atoms with van der Waals surface area (Å²) in [6.45, 7) is 8.95. The molecule has 1 aliphatic rings. The molecule has 1 rings (SSSR count). The Kier molecular flexibility index (Phi) is 12.5. The van der Waals surface area contributed by atoms with Gasteiger partial charge in [0.15, 0.2) is 0 Å². The zero-order valence-electron chi connectivity index (χ0n) is 15.2. The minimum absolute atomic E-state index is 0. The summed E-state index contributed by atoms with van der Waals surface area (Å²) < 4.78 is 0. The van der Waals surface area contributed by atoms with Crippen LogP contribution in [0.25, 0.3) is 0 Å². The first-order valence-electron chi connectivity index (χ1n) is 8.56. The smallest absolute Gasteiger partial charge is 0.239 e. The lowest BCUT2D eigenvalue weighted by Crippen LogP contribution is -2.46.